The van der Waals surface area contributed by atoms with Gasteiger partial charge in [0, 0.05) is 17.1 Å². The van der Waals surface area contributed by atoms with Gasteiger partial charge >= 0.3 is 5.69 Å². The molecule has 0 spiro atoms. The minimum Gasteiger partial charge on any atom is -0.394 e. The molecule has 1 aliphatic heterocycles. The lowest BCUT2D eigenvalue weighted by Gasteiger charge is -2.15. The molecule has 0 aliphatic carbocycles. The second-order valence-corrected chi connectivity index (χ2v) is 5.24. The van der Waals surface area contributed by atoms with E-state index < -0.39 is 36.7 Å². The van der Waals surface area contributed by atoms with Crippen molar-refractivity contribution in [1.29, 1.82) is 0 Å². The highest BCUT2D eigenvalue weighted by Crippen LogP contribution is 2.34. The van der Waals surface area contributed by atoms with Gasteiger partial charge in [-0.3, -0.25) is 4.98 Å². The molecule has 3 heterocycles. The number of fused-ring (bicyclic) bond motifs is 1. The summed E-state index contributed by atoms with van der Waals surface area (Å²) in [4.78, 5) is 20.1. The lowest BCUT2D eigenvalue weighted by atomic mass is 10.0. The molecule has 2 aromatic rings. The van der Waals surface area contributed by atoms with Crippen LogP contribution in [0, 0.1) is 4.64 Å². The molecule has 0 radical (unpaired) electrons. The summed E-state index contributed by atoms with van der Waals surface area (Å²) in [6.07, 6.45) is -2.77. The molecule has 4 atom stereocenters. The third-order valence-electron chi connectivity index (χ3n) is 3.50. The van der Waals surface area contributed by atoms with Gasteiger partial charge in [-0.15, -0.1) is 0 Å². The number of aliphatic hydroxyl groups excluding tert-OH is 3. The average molecular weight is 311 g/mol. The maximum Gasteiger partial charge on any atom is 0.346 e. The Kier molecular flexibility index (Phi) is 3.59. The molecule has 3 rings (SSSR count). The normalized spacial score (nSPS) is 29.1. The lowest BCUT2D eigenvalue weighted by Crippen LogP contribution is -2.32. The number of pyridine rings is 1. The van der Waals surface area contributed by atoms with E-state index >= 15 is 0 Å². The molecule has 5 N–H and O–H groups in total. The lowest BCUT2D eigenvalue weighted by molar-refractivity contribution is -0.0229. The van der Waals surface area contributed by atoms with Crippen molar-refractivity contribution in [2.75, 3.05) is 6.61 Å². The Morgan fingerprint density at radius 1 is 1.33 bits per heavy atom. The van der Waals surface area contributed by atoms with Gasteiger partial charge in [-0.05, 0) is 6.07 Å². The summed E-state index contributed by atoms with van der Waals surface area (Å²) in [5.74, 6) is 0. The number of aromatic nitrogens is 3. The number of hydrogen-bond donors (Lipinski definition) is 5. The van der Waals surface area contributed by atoms with Gasteiger partial charge in [0.25, 0.3) is 0 Å². The van der Waals surface area contributed by atoms with Gasteiger partial charge in [-0.1, -0.05) is 12.2 Å². The molecule has 1 fully saturated rings. The fourth-order valence-corrected chi connectivity index (χ4v) is 2.68. The van der Waals surface area contributed by atoms with Gasteiger partial charge in [-0.2, -0.15) is 0 Å². The molecule has 0 saturated carbocycles. The fourth-order valence-electron chi connectivity index (χ4n) is 2.40. The van der Waals surface area contributed by atoms with Crippen LogP contribution < -0.4 is 5.69 Å². The highest BCUT2D eigenvalue weighted by atomic mass is 32.1. The van der Waals surface area contributed by atoms with Crippen LogP contribution in [0.1, 0.15) is 11.7 Å². The highest BCUT2D eigenvalue weighted by Gasteiger charge is 2.43. The molecular formula is C12H13N3O5S. The topological polar surface area (TPSA) is 131 Å². The van der Waals surface area contributed by atoms with E-state index in [0.29, 0.717) is 16.6 Å². The van der Waals surface area contributed by atoms with Crippen LogP contribution in [-0.2, 0) is 4.74 Å². The summed E-state index contributed by atoms with van der Waals surface area (Å²) in [6, 6.07) is 1.62. The summed E-state index contributed by atoms with van der Waals surface area (Å²) in [5.41, 5.74) is 0.359. The monoisotopic (exact) mass is 311 g/mol. The first kappa shape index (κ1) is 14.3. The fraction of sp³-hybridized carbons (Fsp3) is 0.417. The van der Waals surface area contributed by atoms with Crippen LogP contribution in [-0.4, -0.2) is 55.2 Å². The van der Waals surface area contributed by atoms with Gasteiger partial charge in [0.1, 0.15) is 34.7 Å². The third-order valence-corrected chi connectivity index (χ3v) is 3.84. The van der Waals surface area contributed by atoms with Crippen LogP contribution in [0.3, 0.4) is 0 Å². The quantitative estimate of drug-likeness (QED) is 0.456. The van der Waals surface area contributed by atoms with E-state index in [2.05, 4.69) is 15.0 Å². The van der Waals surface area contributed by atoms with Crippen LogP contribution in [0.15, 0.2) is 17.1 Å². The predicted molar refractivity (Wildman–Crippen MR) is 74.3 cm³/mol. The van der Waals surface area contributed by atoms with E-state index in [4.69, 9.17) is 22.1 Å². The van der Waals surface area contributed by atoms with Crippen molar-refractivity contribution < 1.29 is 20.1 Å². The molecule has 0 aromatic carbocycles. The van der Waals surface area contributed by atoms with E-state index in [1.807, 2.05) is 0 Å². The molecule has 0 amide bonds. The van der Waals surface area contributed by atoms with Crippen molar-refractivity contribution in [3.05, 3.63) is 33.0 Å². The van der Waals surface area contributed by atoms with E-state index in [0.717, 1.165) is 0 Å². The Morgan fingerprint density at radius 2 is 2.10 bits per heavy atom. The zero-order valence-corrected chi connectivity index (χ0v) is 11.5. The smallest absolute Gasteiger partial charge is 0.346 e. The Morgan fingerprint density at radius 3 is 2.76 bits per heavy atom. The van der Waals surface area contributed by atoms with Crippen molar-refractivity contribution in [2.24, 2.45) is 0 Å². The van der Waals surface area contributed by atoms with E-state index in [1.165, 1.54) is 6.20 Å². The largest absolute Gasteiger partial charge is 0.394 e. The molecule has 2 unspecified atom stereocenters. The van der Waals surface area contributed by atoms with Gasteiger partial charge in [-0.25, -0.2) is 9.78 Å². The Labute approximate surface area is 123 Å². The van der Waals surface area contributed by atoms with Crippen LogP contribution in [0.2, 0.25) is 0 Å². The SMILES string of the molecule is O=c1ncc2cc([C@@H]3O[C@H](CO)C(O)C3O)c(=S)[nH]c2[nH]1. The zero-order chi connectivity index (χ0) is 15.1. The second kappa shape index (κ2) is 5.28. The summed E-state index contributed by atoms with van der Waals surface area (Å²) >= 11 is 5.19. The summed E-state index contributed by atoms with van der Waals surface area (Å²) in [5, 5.41) is 29.5. The van der Waals surface area contributed by atoms with Gasteiger partial charge in [0.2, 0.25) is 0 Å². The molecule has 9 heteroatoms. The standard InChI is InChI=1S/C12H13N3O5S/c16-3-6-7(17)8(18)9(20-6)5-1-4-2-13-12(19)15-10(4)14-11(5)21/h1-2,6-9,16-18H,3H2,(H2,13,14,15,19,21)/t6-,7?,8?,9+/m1/s1. The number of H-pyrrole nitrogens is 2. The van der Waals surface area contributed by atoms with Gasteiger partial charge in [0.05, 0.1) is 6.61 Å². The molecular weight excluding hydrogens is 298 g/mol. The first-order valence-electron chi connectivity index (χ1n) is 6.26. The van der Waals surface area contributed by atoms with Gasteiger partial charge in [0.15, 0.2) is 0 Å². The zero-order valence-electron chi connectivity index (χ0n) is 10.7. The van der Waals surface area contributed by atoms with Crippen molar-refractivity contribution >= 4 is 23.3 Å². The molecule has 112 valence electrons. The summed E-state index contributed by atoms with van der Waals surface area (Å²) in [6.45, 7) is -0.409. The Bertz CT molecular complexity index is 788. The van der Waals surface area contributed by atoms with Crippen LogP contribution in [0.5, 0.6) is 0 Å². The van der Waals surface area contributed by atoms with Crippen LogP contribution in [0.4, 0.5) is 0 Å². The first-order chi connectivity index (χ1) is 10.0. The summed E-state index contributed by atoms with van der Waals surface area (Å²) < 4.78 is 5.71. The first-order valence-corrected chi connectivity index (χ1v) is 6.67. The number of rotatable bonds is 2. The minimum atomic E-state index is -1.20. The number of ether oxygens (including phenoxy) is 1. The molecule has 1 aliphatic rings. The van der Waals surface area contributed by atoms with Crippen LogP contribution >= 0.6 is 12.2 Å². The maximum atomic E-state index is 11.2. The molecule has 1 saturated heterocycles. The van der Waals surface area contributed by atoms with E-state index in [1.54, 1.807) is 6.07 Å². The highest BCUT2D eigenvalue weighted by molar-refractivity contribution is 7.71. The molecule has 8 nitrogen and oxygen atoms in total. The second-order valence-electron chi connectivity index (χ2n) is 4.83. The van der Waals surface area contributed by atoms with Crippen molar-refractivity contribution in [2.45, 2.75) is 24.4 Å². The Balaban J connectivity index is 2.09. The van der Waals surface area contributed by atoms with Crippen molar-refractivity contribution in [3.8, 4) is 0 Å². The molecule has 2 aromatic heterocycles. The van der Waals surface area contributed by atoms with Gasteiger partial charge < -0.3 is 25.0 Å². The number of aliphatic hydroxyl groups is 3. The van der Waals surface area contributed by atoms with E-state index in [-0.39, 0.29) is 4.64 Å². The summed E-state index contributed by atoms with van der Waals surface area (Å²) in [7, 11) is 0. The maximum absolute atomic E-state index is 11.2. The number of hydrogen-bond acceptors (Lipinski definition) is 7. The molecule has 0 bridgehead atoms. The number of nitrogens with one attached hydrogen (secondary N) is 2. The number of nitrogens with zero attached hydrogens (tertiary/aromatic N) is 1. The van der Waals surface area contributed by atoms with Crippen molar-refractivity contribution in [3.63, 3.8) is 0 Å². The predicted octanol–water partition coefficient (Wildman–Crippen LogP) is -0.865. The average Bonchev–Trinajstić information content (AvgIpc) is 2.74. The number of aromatic amines is 2. The molecule has 21 heavy (non-hydrogen) atoms. The Hall–Kier alpha value is -1.65. The van der Waals surface area contributed by atoms with Crippen molar-refractivity contribution in [1.82, 2.24) is 15.0 Å². The van der Waals surface area contributed by atoms with Crippen LogP contribution in [0.25, 0.3) is 11.0 Å². The van der Waals surface area contributed by atoms with E-state index in [9.17, 15) is 15.0 Å². The minimum absolute atomic E-state index is 0.263. The third kappa shape index (κ3) is 2.39.